The zero-order valence-electron chi connectivity index (χ0n) is 8.27. The zero-order valence-corrected chi connectivity index (χ0v) is 8.27. The van der Waals surface area contributed by atoms with E-state index in [2.05, 4.69) is 12.0 Å². The van der Waals surface area contributed by atoms with E-state index >= 15 is 0 Å². The number of rotatable bonds is 1. The van der Waals surface area contributed by atoms with Crippen molar-refractivity contribution in [2.75, 3.05) is 13.2 Å². The summed E-state index contributed by atoms with van der Waals surface area (Å²) in [7, 11) is 0. The molecule has 1 aliphatic heterocycles. The highest BCUT2D eigenvalue weighted by Crippen LogP contribution is 2.01. The molecule has 1 amide bonds. The second-order valence-electron chi connectivity index (χ2n) is 3.22. The van der Waals surface area contributed by atoms with E-state index in [-0.39, 0.29) is 6.09 Å². The van der Waals surface area contributed by atoms with Crippen LogP contribution in [0.2, 0.25) is 0 Å². The summed E-state index contributed by atoms with van der Waals surface area (Å²) >= 11 is 0. The molecule has 15 heavy (non-hydrogen) atoms. The molecule has 0 spiro atoms. The summed E-state index contributed by atoms with van der Waals surface area (Å²) in [6, 6.07) is 12.7. The zero-order chi connectivity index (χ0) is 10.5. The molecular weight excluding hydrogens is 190 g/mol. The number of hydrogen-bond donors (Lipinski definition) is 0. The van der Waals surface area contributed by atoms with Crippen LogP contribution in [0, 0.1) is 12.0 Å². The van der Waals surface area contributed by atoms with E-state index in [1.165, 1.54) is 4.90 Å². The third-order valence-electron chi connectivity index (χ3n) is 2.11. The third-order valence-corrected chi connectivity index (χ3v) is 2.11. The van der Waals surface area contributed by atoms with Crippen LogP contribution in [-0.4, -0.2) is 24.1 Å². The fourth-order valence-corrected chi connectivity index (χ4v) is 1.33. The number of benzene rings is 1. The van der Waals surface area contributed by atoms with Gasteiger partial charge in [-0.15, -0.1) is 0 Å². The maximum atomic E-state index is 11.0. The maximum Gasteiger partial charge on any atom is 0.421 e. The lowest BCUT2D eigenvalue weighted by Gasteiger charge is -1.99. The summed E-state index contributed by atoms with van der Waals surface area (Å²) in [6.45, 7) is 1.01. The minimum atomic E-state index is -0.337. The van der Waals surface area contributed by atoms with Crippen molar-refractivity contribution in [2.45, 2.75) is 6.42 Å². The molecule has 1 aliphatic rings. The van der Waals surface area contributed by atoms with Gasteiger partial charge >= 0.3 is 6.09 Å². The monoisotopic (exact) mass is 201 g/mol. The molecule has 0 bridgehead atoms. The van der Waals surface area contributed by atoms with Crippen molar-refractivity contribution in [3.63, 3.8) is 0 Å². The van der Waals surface area contributed by atoms with Gasteiger partial charge in [-0.1, -0.05) is 36.3 Å². The molecule has 3 nitrogen and oxygen atoms in total. The van der Waals surface area contributed by atoms with Crippen LogP contribution in [0.4, 0.5) is 4.79 Å². The topological polar surface area (TPSA) is 29.5 Å². The molecule has 0 unspecified atom stereocenters. The Morgan fingerprint density at radius 1 is 1.33 bits per heavy atom. The lowest BCUT2D eigenvalue weighted by Crippen LogP contribution is -2.17. The molecule has 76 valence electrons. The average molecular weight is 201 g/mol. The van der Waals surface area contributed by atoms with Gasteiger partial charge in [0.1, 0.15) is 6.61 Å². The van der Waals surface area contributed by atoms with E-state index in [1.54, 1.807) is 0 Å². The smallest absolute Gasteiger partial charge is 0.421 e. The fraction of sp³-hybridized carbons (Fsp3) is 0.250. The van der Waals surface area contributed by atoms with Crippen LogP contribution in [-0.2, 0) is 11.2 Å². The fourth-order valence-electron chi connectivity index (χ4n) is 1.33. The molecule has 0 atom stereocenters. The Labute approximate surface area is 88.6 Å². The van der Waals surface area contributed by atoms with Crippen molar-refractivity contribution >= 4 is 6.09 Å². The summed E-state index contributed by atoms with van der Waals surface area (Å²) in [5, 5.41) is 0. The van der Waals surface area contributed by atoms with E-state index in [1.807, 2.05) is 30.3 Å². The maximum absolute atomic E-state index is 11.0. The summed E-state index contributed by atoms with van der Waals surface area (Å²) < 4.78 is 4.75. The molecule has 0 aromatic heterocycles. The molecule has 0 N–H and O–H groups in total. The van der Waals surface area contributed by atoms with Gasteiger partial charge in [0.2, 0.25) is 0 Å². The number of nitrogens with zero attached hydrogens (tertiary/aromatic N) is 1. The second-order valence-corrected chi connectivity index (χ2v) is 3.22. The number of carbonyl (C=O) groups excluding carboxylic acids is 1. The van der Waals surface area contributed by atoms with Gasteiger partial charge < -0.3 is 4.74 Å². The predicted octanol–water partition coefficient (Wildman–Crippen LogP) is 1.64. The van der Waals surface area contributed by atoms with Crippen molar-refractivity contribution in [2.24, 2.45) is 0 Å². The van der Waals surface area contributed by atoms with Crippen molar-refractivity contribution < 1.29 is 9.53 Å². The lowest BCUT2D eigenvalue weighted by molar-refractivity contribution is 0.167. The van der Waals surface area contributed by atoms with E-state index in [0.717, 1.165) is 5.56 Å². The predicted molar refractivity (Wildman–Crippen MR) is 56.0 cm³/mol. The van der Waals surface area contributed by atoms with Crippen LogP contribution in [0.15, 0.2) is 30.3 Å². The second kappa shape index (κ2) is 4.52. The highest BCUT2D eigenvalue weighted by atomic mass is 16.6. The lowest BCUT2D eigenvalue weighted by atomic mass is 10.2. The highest BCUT2D eigenvalue weighted by Gasteiger charge is 2.19. The van der Waals surface area contributed by atoms with Gasteiger partial charge in [0.25, 0.3) is 0 Å². The van der Waals surface area contributed by atoms with Crippen molar-refractivity contribution in [3.8, 4) is 12.0 Å². The van der Waals surface area contributed by atoms with Crippen molar-refractivity contribution in [3.05, 3.63) is 35.9 Å². The number of hydrogen-bond acceptors (Lipinski definition) is 2. The molecule has 0 aliphatic carbocycles. The Morgan fingerprint density at radius 3 is 2.80 bits per heavy atom. The van der Waals surface area contributed by atoms with E-state index < -0.39 is 0 Å². The van der Waals surface area contributed by atoms with Crippen molar-refractivity contribution in [1.82, 2.24) is 4.90 Å². The first-order valence-corrected chi connectivity index (χ1v) is 4.83. The van der Waals surface area contributed by atoms with Gasteiger partial charge in [-0.2, -0.15) is 0 Å². The Kier molecular flexibility index (Phi) is 2.89. The Bertz CT molecular complexity index is 403. The third kappa shape index (κ3) is 2.50. The molecule has 1 aromatic rings. The Hall–Kier alpha value is -1.95. The summed E-state index contributed by atoms with van der Waals surface area (Å²) in [5.41, 5.74) is 1.15. The van der Waals surface area contributed by atoms with Gasteiger partial charge in [-0.25, -0.2) is 9.69 Å². The van der Waals surface area contributed by atoms with Crippen LogP contribution in [0.3, 0.4) is 0 Å². The quantitative estimate of drug-likeness (QED) is 0.646. The molecule has 3 heteroatoms. The van der Waals surface area contributed by atoms with Crippen LogP contribution >= 0.6 is 0 Å². The molecule has 2 rings (SSSR count). The molecule has 1 heterocycles. The highest BCUT2D eigenvalue weighted by molar-refractivity contribution is 5.71. The molecular formula is C12H11NO2. The molecule has 0 saturated carbocycles. The standard InChI is InChI=1S/C12H11NO2/c14-12-13(9-10-15-12)8-4-7-11-5-2-1-3-6-11/h1-3,5-6H,7,9-10H2. The summed E-state index contributed by atoms with van der Waals surface area (Å²) in [5.74, 6) is 2.95. The Morgan fingerprint density at radius 2 is 2.13 bits per heavy atom. The molecule has 0 radical (unpaired) electrons. The summed E-state index contributed by atoms with van der Waals surface area (Å²) in [4.78, 5) is 12.4. The van der Waals surface area contributed by atoms with Crippen LogP contribution in [0.1, 0.15) is 5.56 Å². The normalized spacial score (nSPS) is 14.4. The minimum Gasteiger partial charge on any atom is -0.447 e. The van der Waals surface area contributed by atoms with Crippen LogP contribution < -0.4 is 0 Å². The first-order chi connectivity index (χ1) is 7.36. The van der Waals surface area contributed by atoms with E-state index in [4.69, 9.17) is 4.74 Å². The van der Waals surface area contributed by atoms with Crippen LogP contribution in [0.5, 0.6) is 0 Å². The molecule has 1 saturated heterocycles. The van der Waals surface area contributed by atoms with Gasteiger partial charge in [0, 0.05) is 12.5 Å². The first kappa shape index (κ1) is 9.60. The summed E-state index contributed by atoms with van der Waals surface area (Å²) in [6.07, 6.45) is 0.320. The van der Waals surface area contributed by atoms with Gasteiger partial charge in [0.05, 0.1) is 6.54 Å². The number of carbonyl (C=O) groups is 1. The number of amides is 1. The van der Waals surface area contributed by atoms with Crippen molar-refractivity contribution in [1.29, 1.82) is 0 Å². The average Bonchev–Trinajstić information content (AvgIpc) is 2.66. The number of ether oxygens (including phenoxy) is 1. The van der Waals surface area contributed by atoms with Gasteiger partial charge in [0.15, 0.2) is 0 Å². The van der Waals surface area contributed by atoms with Crippen LogP contribution in [0.25, 0.3) is 0 Å². The minimum absolute atomic E-state index is 0.337. The molecule has 1 aromatic carbocycles. The van der Waals surface area contributed by atoms with E-state index in [9.17, 15) is 4.79 Å². The Balaban J connectivity index is 1.93. The SMILES string of the molecule is O=C1OCCN1C#CCc1ccccc1. The van der Waals surface area contributed by atoms with Gasteiger partial charge in [-0.3, -0.25) is 0 Å². The van der Waals surface area contributed by atoms with E-state index in [0.29, 0.717) is 19.6 Å². The largest absolute Gasteiger partial charge is 0.447 e. The first-order valence-electron chi connectivity index (χ1n) is 4.83. The van der Waals surface area contributed by atoms with Gasteiger partial charge in [-0.05, 0) is 5.56 Å². The molecule has 1 fully saturated rings. The number of cyclic esters (lactones) is 1.